The molecule has 2 atom stereocenters. The number of ether oxygens (including phenoxy) is 1. The first-order chi connectivity index (χ1) is 15.6. The van der Waals surface area contributed by atoms with Gasteiger partial charge in [0.15, 0.2) is 0 Å². The summed E-state index contributed by atoms with van der Waals surface area (Å²) in [4.78, 5) is 0. The lowest BCUT2D eigenvalue weighted by atomic mass is 10.1. The van der Waals surface area contributed by atoms with E-state index in [1.54, 1.807) is 11.3 Å². The molecule has 2 aromatic carbocycles. The summed E-state index contributed by atoms with van der Waals surface area (Å²) >= 11 is 1.59. The van der Waals surface area contributed by atoms with Crippen LogP contribution in [-0.2, 0) is 7.05 Å². The molecule has 2 N–H and O–H groups in total. The third-order valence-electron chi connectivity index (χ3n) is 5.52. The molecule has 0 aliphatic carbocycles. The van der Waals surface area contributed by atoms with Crippen LogP contribution in [0.5, 0.6) is 5.75 Å². The maximum Gasteiger partial charge on any atom is 0.409 e. The van der Waals surface area contributed by atoms with Crippen molar-refractivity contribution in [3.63, 3.8) is 0 Å². The maximum atomic E-state index is 10.7. The maximum absolute atomic E-state index is 10.7. The molecule has 8 heteroatoms. The normalized spacial score (nSPS) is 14.1. The largest absolute Gasteiger partial charge is 0.494 e. The Hall–Kier alpha value is -2.55. The first-order valence-electron chi connectivity index (χ1n) is 11.4. The molecule has 7 nitrogen and oxygen atoms in total. The predicted octanol–water partition coefficient (Wildman–Crippen LogP) is 5.11. The lowest BCUT2D eigenvalue weighted by Crippen LogP contribution is -2.47. The van der Waals surface area contributed by atoms with E-state index in [4.69, 9.17) is 4.74 Å². The van der Waals surface area contributed by atoms with Crippen molar-refractivity contribution in [1.82, 2.24) is 0 Å². The van der Waals surface area contributed by atoms with Crippen LogP contribution < -0.4 is 14.6 Å². The van der Waals surface area contributed by atoms with Gasteiger partial charge >= 0.3 is 5.13 Å². The fourth-order valence-electron chi connectivity index (χ4n) is 3.79. The van der Waals surface area contributed by atoms with Crippen molar-refractivity contribution in [2.75, 3.05) is 39.6 Å². The van der Waals surface area contributed by atoms with Gasteiger partial charge in [-0.3, -0.25) is 0 Å². The average Bonchev–Trinajstić information content (AvgIpc) is 3.05. The smallest absolute Gasteiger partial charge is 0.409 e. The summed E-state index contributed by atoms with van der Waals surface area (Å²) < 4.78 is 9.50. The molecule has 0 spiro atoms. The molecular formula is C25H37N5O2S+2. The number of nitrogens with one attached hydrogen (secondary N) is 1. The lowest BCUT2D eigenvalue weighted by Gasteiger charge is -2.31. The standard InChI is InChI=1S/C25H36N5O2S/c1-8-20(23(31)16-30(5,6)7)26-18-10-12-21(17(3)14-18)27-28-25-29(4)22-13-11-19(32-9-2)15-24(22)33-25/h10-15,20,23,31H,8-9,16H2,1-7H3/q+1/p+1. The van der Waals surface area contributed by atoms with Crippen LogP contribution in [0.4, 0.5) is 16.5 Å². The Morgan fingerprint density at radius 1 is 1.12 bits per heavy atom. The van der Waals surface area contributed by atoms with Gasteiger partial charge in [-0.05, 0) is 72.6 Å². The number of thiazole rings is 1. The Balaban J connectivity index is 1.75. The number of aromatic nitrogens is 1. The van der Waals surface area contributed by atoms with Crippen LogP contribution in [0.25, 0.3) is 10.2 Å². The molecule has 0 radical (unpaired) electrons. The zero-order valence-corrected chi connectivity index (χ0v) is 21.6. The lowest BCUT2D eigenvalue weighted by molar-refractivity contribution is -0.873. The highest BCUT2D eigenvalue weighted by Crippen LogP contribution is 2.31. The number of benzene rings is 2. The number of quaternary nitrogens is 1. The van der Waals surface area contributed by atoms with E-state index in [1.165, 1.54) is 0 Å². The number of azo groups is 1. The van der Waals surface area contributed by atoms with Gasteiger partial charge in [-0.15, -0.1) is 0 Å². The number of hydrogen-bond donors (Lipinski definition) is 2. The van der Waals surface area contributed by atoms with E-state index in [0.717, 1.165) is 48.9 Å². The molecule has 0 aliphatic rings. The number of aliphatic hydroxyl groups is 1. The van der Waals surface area contributed by atoms with Gasteiger partial charge < -0.3 is 19.6 Å². The Morgan fingerprint density at radius 2 is 1.88 bits per heavy atom. The number of aliphatic hydroxyl groups excluding tert-OH is 1. The number of fused-ring (bicyclic) bond motifs is 1. The van der Waals surface area contributed by atoms with Crippen LogP contribution >= 0.6 is 11.3 Å². The van der Waals surface area contributed by atoms with Crippen LogP contribution in [-0.4, -0.2) is 56.0 Å². The monoisotopic (exact) mass is 471 g/mol. The SMILES string of the molecule is CCOc1ccc2c(c1)sc(N=Nc1ccc(NC(CC)C(O)C[N+](C)(C)C)cc1C)[n+]2C. The fraction of sp³-hybridized carbons (Fsp3) is 0.480. The second-order valence-electron chi connectivity index (χ2n) is 9.41. The van der Waals surface area contributed by atoms with E-state index in [1.807, 2.05) is 49.7 Å². The highest BCUT2D eigenvalue weighted by molar-refractivity contribution is 7.21. The van der Waals surface area contributed by atoms with Crippen LogP contribution in [0.2, 0.25) is 0 Å². The zero-order valence-electron chi connectivity index (χ0n) is 20.8. The Morgan fingerprint density at radius 3 is 2.52 bits per heavy atom. The summed E-state index contributed by atoms with van der Waals surface area (Å²) in [5, 5.41) is 24.0. The van der Waals surface area contributed by atoms with Crippen molar-refractivity contribution in [2.45, 2.75) is 39.3 Å². The minimum absolute atomic E-state index is 0.00611. The van der Waals surface area contributed by atoms with E-state index < -0.39 is 6.10 Å². The average molecular weight is 472 g/mol. The third kappa shape index (κ3) is 6.50. The summed E-state index contributed by atoms with van der Waals surface area (Å²) in [6.07, 6.45) is 0.417. The number of likely N-dealkylation sites (N-methyl/N-ethyl adjacent to an activating group) is 1. The summed E-state index contributed by atoms with van der Waals surface area (Å²) in [6, 6.07) is 12.1. The van der Waals surface area contributed by atoms with Gasteiger partial charge in [0.05, 0.1) is 50.7 Å². The van der Waals surface area contributed by atoms with E-state index >= 15 is 0 Å². The molecule has 33 heavy (non-hydrogen) atoms. The first-order valence-corrected chi connectivity index (χ1v) is 12.3. The van der Waals surface area contributed by atoms with E-state index in [9.17, 15) is 5.11 Å². The molecule has 178 valence electrons. The number of rotatable bonds is 10. The van der Waals surface area contributed by atoms with Crippen molar-refractivity contribution in [2.24, 2.45) is 17.3 Å². The van der Waals surface area contributed by atoms with Crippen molar-refractivity contribution >= 4 is 38.1 Å². The molecule has 0 saturated heterocycles. The Kier molecular flexibility index (Phi) is 8.05. The molecule has 3 rings (SSSR count). The number of hydrogen-bond acceptors (Lipinski definition) is 6. The van der Waals surface area contributed by atoms with Gasteiger partial charge in [0.1, 0.15) is 29.6 Å². The topological polar surface area (TPSA) is 70.1 Å². The molecule has 0 saturated carbocycles. The first kappa shape index (κ1) is 25.1. The van der Waals surface area contributed by atoms with Gasteiger partial charge in [0.2, 0.25) is 0 Å². The second kappa shape index (κ2) is 10.6. The highest BCUT2D eigenvalue weighted by Gasteiger charge is 2.24. The molecule has 1 heterocycles. The number of anilines is 1. The van der Waals surface area contributed by atoms with Gasteiger partial charge in [-0.2, -0.15) is 0 Å². The van der Waals surface area contributed by atoms with Gasteiger partial charge in [-0.1, -0.05) is 6.92 Å². The number of nitrogens with zero attached hydrogens (tertiary/aromatic N) is 4. The van der Waals surface area contributed by atoms with Crippen LogP contribution in [0.3, 0.4) is 0 Å². The summed E-state index contributed by atoms with van der Waals surface area (Å²) in [6.45, 7) is 7.44. The Bertz CT molecular complexity index is 1120. The van der Waals surface area contributed by atoms with Crippen LogP contribution in [0, 0.1) is 6.92 Å². The molecule has 0 amide bonds. The van der Waals surface area contributed by atoms with E-state index in [2.05, 4.69) is 55.7 Å². The van der Waals surface area contributed by atoms with Gasteiger partial charge in [0.25, 0.3) is 0 Å². The van der Waals surface area contributed by atoms with E-state index in [-0.39, 0.29) is 6.04 Å². The fourth-order valence-corrected chi connectivity index (χ4v) is 4.79. The molecular weight excluding hydrogens is 434 g/mol. The number of aryl methyl sites for hydroxylation is 2. The molecule has 0 fully saturated rings. The summed E-state index contributed by atoms with van der Waals surface area (Å²) in [7, 11) is 8.27. The van der Waals surface area contributed by atoms with Crippen molar-refractivity contribution in [3.8, 4) is 5.75 Å². The summed E-state index contributed by atoms with van der Waals surface area (Å²) in [5.41, 5.74) is 3.94. The van der Waals surface area contributed by atoms with Gasteiger partial charge in [-0.25, -0.2) is 4.57 Å². The molecule has 3 aromatic rings. The van der Waals surface area contributed by atoms with Crippen LogP contribution in [0.15, 0.2) is 46.6 Å². The molecule has 0 aliphatic heterocycles. The van der Waals surface area contributed by atoms with E-state index in [0.29, 0.717) is 13.2 Å². The third-order valence-corrected chi connectivity index (χ3v) is 6.61. The summed E-state index contributed by atoms with van der Waals surface area (Å²) in [5.74, 6) is 0.867. The molecule has 1 aromatic heterocycles. The Labute approximate surface area is 200 Å². The highest BCUT2D eigenvalue weighted by atomic mass is 32.1. The minimum Gasteiger partial charge on any atom is -0.494 e. The van der Waals surface area contributed by atoms with Gasteiger partial charge in [0, 0.05) is 11.8 Å². The molecule has 0 bridgehead atoms. The minimum atomic E-state index is -0.425. The molecule has 2 unspecified atom stereocenters. The predicted molar refractivity (Wildman–Crippen MR) is 136 cm³/mol. The van der Waals surface area contributed by atoms with Crippen molar-refractivity contribution in [3.05, 3.63) is 42.0 Å². The quantitative estimate of drug-likeness (QED) is 0.245. The zero-order chi connectivity index (χ0) is 24.2. The van der Waals surface area contributed by atoms with Crippen molar-refractivity contribution in [1.29, 1.82) is 0 Å². The van der Waals surface area contributed by atoms with Crippen LogP contribution in [0.1, 0.15) is 25.8 Å². The van der Waals surface area contributed by atoms with Crippen molar-refractivity contribution < 1.29 is 18.9 Å². The second-order valence-corrected chi connectivity index (χ2v) is 10.4.